The molecule has 0 heterocycles. The Morgan fingerprint density at radius 2 is 1.65 bits per heavy atom. The predicted molar refractivity (Wildman–Crippen MR) is 72.1 cm³/mol. The molecule has 0 aliphatic carbocycles. The van der Waals surface area contributed by atoms with Gasteiger partial charge in [-0.15, -0.1) is 0 Å². The molecule has 90 valence electrons. The van der Waals surface area contributed by atoms with E-state index < -0.39 is 4.92 Å². The first-order valence-corrected chi connectivity index (χ1v) is 5.09. The Bertz CT molecular complexity index is 437. The van der Waals surface area contributed by atoms with Crippen LogP contribution >= 0.6 is 0 Å². The first-order valence-electron chi connectivity index (χ1n) is 5.09. The van der Waals surface area contributed by atoms with Crippen LogP contribution in [0.2, 0.25) is 0 Å². The van der Waals surface area contributed by atoms with Crippen molar-refractivity contribution >= 4 is 0 Å². The molecule has 0 spiro atoms. The third kappa shape index (κ3) is 6.10. The lowest BCUT2D eigenvalue weighted by Gasteiger charge is -1.98. The van der Waals surface area contributed by atoms with Crippen LogP contribution in [0.25, 0.3) is 0 Å². The molecule has 0 aromatic rings. The Labute approximate surface area is 102 Å². The van der Waals surface area contributed by atoms with Crippen LogP contribution in [0.4, 0.5) is 0 Å². The van der Waals surface area contributed by atoms with Crippen molar-refractivity contribution in [3.63, 3.8) is 0 Å². The molecule has 17 heavy (non-hydrogen) atoms. The topological polar surface area (TPSA) is 43.1 Å². The van der Waals surface area contributed by atoms with E-state index in [0.29, 0.717) is 0 Å². The Morgan fingerprint density at radius 3 is 2.12 bits per heavy atom. The quantitative estimate of drug-likeness (QED) is 0.394. The average Bonchev–Trinajstić information content (AvgIpc) is 2.25. The van der Waals surface area contributed by atoms with Gasteiger partial charge in [-0.1, -0.05) is 37.5 Å². The zero-order valence-electron chi connectivity index (χ0n) is 10.3. The summed E-state index contributed by atoms with van der Waals surface area (Å²) in [7, 11) is 0. The highest BCUT2D eigenvalue weighted by Crippen LogP contribution is 2.10. The van der Waals surface area contributed by atoms with Crippen LogP contribution in [0.1, 0.15) is 13.8 Å². The van der Waals surface area contributed by atoms with Gasteiger partial charge in [0.25, 0.3) is 5.70 Å². The summed E-state index contributed by atoms with van der Waals surface area (Å²) < 4.78 is 0. The standard InChI is InChI=1S/C14H17NO2/c1-6-7-12(3)13(4)9-8-11(2)10-14(5)15(16)17/h6-10H,3-5H2,1-2H3/b7-6-,9-8+,11-10+. The highest BCUT2D eigenvalue weighted by Gasteiger charge is 2.00. The molecular formula is C14H17NO2. The maximum Gasteiger partial charge on any atom is 0.262 e. The smallest absolute Gasteiger partial charge is 0.258 e. The minimum absolute atomic E-state index is 0.134. The second kappa shape index (κ2) is 7.17. The van der Waals surface area contributed by atoms with Crippen LogP contribution < -0.4 is 0 Å². The maximum atomic E-state index is 10.4. The molecule has 0 aliphatic rings. The average molecular weight is 231 g/mol. The largest absolute Gasteiger partial charge is 0.262 e. The summed E-state index contributed by atoms with van der Waals surface area (Å²) in [5.74, 6) is 0. The zero-order valence-corrected chi connectivity index (χ0v) is 10.3. The lowest BCUT2D eigenvalue weighted by molar-refractivity contribution is -0.418. The van der Waals surface area contributed by atoms with Gasteiger partial charge in [-0.3, -0.25) is 10.1 Å². The third-order valence-corrected chi connectivity index (χ3v) is 1.96. The van der Waals surface area contributed by atoms with Gasteiger partial charge in [0.2, 0.25) is 0 Å². The summed E-state index contributed by atoms with van der Waals surface area (Å²) >= 11 is 0. The van der Waals surface area contributed by atoms with Gasteiger partial charge in [0, 0.05) is 6.08 Å². The second-order valence-corrected chi connectivity index (χ2v) is 3.52. The SMILES string of the molecule is C=C(/C=C\C)C(=C)/C=C/C(C)=C/C(=C)[N+](=O)[O-]. The van der Waals surface area contributed by atoms with Gasteiger partial charge in [0.15, 0.2) is 0 Å². The molecule has 0 rings (SSSR count). The fourth-order valence-electron chi connectivity index (χ4n) is 1.01. The molecule has 0 N–H and O–H groups in total. The summed E-state index contributed by atoms with van der Waals surface area (Å²) in [5, 5.41) is 10.4. The first kappa shape index (κ1) is 14.8. The van der Waals surface area contributed by atoms with Crippen molar-refractivity contribution in [3.05, 3.63) is 82.6 Å². The molecule has 0 aliphatic heterocycles. The van der Waals surface area contributed by atoms with E-state index in [-0.39, 0.29) is 5.70 Å². The molecule has 0 aromatic carbocycles. The molecule has 0 aromatic heterocycles. The minimum Gasteiger partial charge on any atom is -0.258 e. The second-order valence-electron chi connectivity index (χ2n) is 3.52. The van der Waals surface area contributed by atoms with Gasteiger partial charge in [0.05, 0.1) is 4.92 Å². The molecule has 3 heteroatoms. The molecule has 0 fully saturated rings. The van der Waals surface area contributed by atoms with E-state index in [1.165, 1.54) is 6.08 Å². The van der Waals surface area contributed by atoms with Crippen molar-refractivity contribution in [1.82, 2.24) is 0 Å². The molecule has 3 nitrogen and oxygen atoms in total. The van der Waals surface area contributed by atoms with Gasteiger partial charge in [-0.2, -0.15) is 0 Å². The number of hydrogen-bond donors (Lipinski definition) is 0. The summed E-state index contributed by atoms with van der Waals surface area (Å²) in [6, 6.07) is 0. The predicted octanol–water partition coefficient (Wildman–Crippen LogP) is 3.97. The zero-order chi connectivity index (χ0) is 13.4. The van der Waals surface area contributed by atoms with Gasteiger partial charge in [-0.05, 0) is 37.1 Å². The van der Waals surface area contributed by atoms with Crippen LogP contribution in [0, 0.1) is 10.1 Å². The van der Waals surface area contributed by atoms with Crippen molar-refractivity contribution in [1.29, 1.82) is 0 Å². The van der Waals surface area contributed by atoms with E-state index in [0.717, 1.165) is 16.7 Å². The number of hydrogen-bond acceptors (Lipinski definition) is 2. The molecule has 0 bridgehead atoms. The van der Waals surface area contributed by atoms with Gasteiger partial charge >= 0.3 is 0 Å². The van der Waals surface area contributed by atoms with Crippen LogP contribution in [-0.2, 0) is 0 Å². The Hall–Kier alpha value is -2.16. The third-order valence-electron chi connectivity index (χ3n) is 1.96. The summed E-state index contributed by atoms with van der Waals surface area (Å²) in [6.07, 6.45) is 8.63. The van der Waals surface area contributed by atoms with Gasteiger partial charge in [-0.25, -0.2) is 0 Å². The molecule has 0 unspecified atom stereocenters. The molecule has 0 amide bonds. The van der Waals surface area contributed by atoms with Crippen molar-refractivity contribution in [2.45, 2.75) is 13.8 Å². The lowest BCUT2D eigenvalue weighted by atomic mass is 10.1. The van der Waals surface area contributed by atoms with E-state index in [1.807, 2.05) is 19.1 Å². The van der Waals surface area contributed by atoms with Crippen LogP contribution in [0.3, 0.4) is 0 Å². The molecular weight excluding hydrogens is 214 g/mol. The number of nitrogens with zero attached hydrogens (tertiary/aromatic N) is 1. The van der Waals surface area contributed by atoms with E-state index >= 15 is 0 Å². The van der Waals surface area contributed by atoms with E-state index in [1.54, 1.807) is 19.1 Å². The number of nitro groups is 1. The highest BCUT2D eigenvalue weighted by molar-refractivity contribution is 5.44. The summed E-state index contributed by atoms with van der Waals surface area (Å²) in [5.41, 5.74) is 2.18. The van der Waals surface area contributed by atoms with E-state index in [2.05, 4.69) is 19.7 Å². The van der Waals surface area contributed by atoms with Crippen LogP contribution in [0.15, 0.2) is 72.5 Å². The Kier molecular flexibility index (Phi) is 6.26. The maximum absolute atomic E-state index is 10.4. The lowest BCUT2D eigenvalue weighted by Crippen LogP contribution is -1.93. The number of allylic oxidation sites excluding steroid dienone is 8. The van der Waals surface area contributed by atoms with Crippen molar-refractivity contribution in [2.24, 2.45) is 0 Å². The fourth-order valence-corrected chi connectivity index (χ4v) is 1.01. The van der Waals surface area contributed by atoms with E-state index in [9.17, 15) is 10.1 Å². The molecule has 0 saturated carbocycles. The highest BCUT2D eigenvalue weighted by atomic mass is 16.6. The Balaban J connectivity index is 4.64. The van der Waals surface area contributed by atoms with Crippen molar-refractivity contribution < 1.29 is 4.92 Å². The Morgan fingerprint density at radius 1 is 1.12 bits per heavy atom. The molecule has 0 atom stereocenters. The van der Waals surface area contributed by atoms with Crippen LogP contribution in [0.5, 0.6) is 0 Å². The number of rotatable bonds is 6. The van der Waals surface area contributed by atoms with Gasteiger partial charge < -0.3 is 0 Å². The van der Waals surface area contributed by atoms with Crippen LogP contribution in [-0.4, -0.2) is 4.92 Å². The first-order chi connectivity index (χ1) is 7.88. The molecule has 0 radical (unpaired) electrons. The van der Waals surface area contributed by atoms with Crippen molar-refractivity contribution in [3.8, 4) is 0 Å². The monoisotopic (exact) mass is 231 g/mol. The summed E-state index contributed by atoms with van der Waals surface area (Å²) in [6.45, 7) is 14.7. The normalized spacial score (nSPS) is 12.0. The van der Waals surface area contributed by atoms with Gasteiger partial charge in [0.1, 0.15) is 0 Å². The summed E-state index contributed by atoms with van der Waals surface area (Å²) in [4.78, 5) is 9.84. The fraction of sp³-hybridized carbons (Fsp3) is 0.143. The van der Waals surface area contributed by atoms with Crippen molar-refractivity contribution in [2.75, 3.05) is 0 Å². The molecule has 0 saturated heterocycles. The van der Waals surface area contributed by atoms with E-state index in [4.69, 9.17) is 0 Å². The minimum atomic E-state index is -0.523.